The maximum Gasteiger partial charge on any atom is 0.224 e. The van der Waals surface area contributed by atoms with Gasteiger partial charge in [-0.05, 0) is 17.5 Å². The number of rotatable bonds is 7. The second-order valence-electron chi connectivity index (χ2n) is 6.16. The largest absolute Gasteiger partial charge is 0.349 e. The molecule has 0 aliphatic heterocycles. The molecule has 0 fully saturated rings. The molecule has 1 amide bonds. The number of carbonyl (C=O) groups excluding carboxylic acids is 1. The minimum absolute atomic E-state index is 0.147. The van der Waals surface area contributed by atoms with Gasteiger partial charge >= 0.3 is 0 Å². The van der Waals surface area contributed by atoms with Crippen molar-refractivity contribution in [3.05, 3.63) is 71.8 Å². The first kappa shape index (κ1) is 18.2. The molecule has 0 aliphatic rings. The molecule has 0 unspecified atom stereocenters. The van der Waals surface area contributed by atoms with Gasteiger partial charge in [0.1, 0.15) is 9.84 Å². The smallest absolute Gasteiger partial charge is 0.224 e. The van der Waals surface area contributed by atoms with Gasteiger partial charge in [0.15, 0.2) is 0 Å². The van der Waals surface area contributed by atoms with Crippen LogP contribution < -0.4 is 5.32 Å². The Morgan fingerprint density at radius 2 is 1.54 bits per heavy atom. The summed E-state index contributed by atoms with van der Waals surface area (Å²) in [7, 11) is -3.19. The van der Waals surface area contributed by atoms with Gasteiger partial charge < -0.3 is 5.32 Å². The van der Waals surface area contributed by atoms with Gasteiger partial charge in [-0.2, -0.15) is 0 Å². The van der Waals surface area contributed by atoms with Crippen LogP contribution in [0.4, 0.5) is 0 Å². The molecule has 2 atom stereocenters. The molecule has 4 nitrogen and oxygen atoms in total. The van der Waals surface area contributed by atoms with E-state index in [4.69, 9.17) is 0 Å². The molecule has 0 aliphatic carbocycles. The summed E-state index contributed by atoms with van der Waals surface area (Å²) in [5.41, 5.74) is 2.11. The highest BCUT2D eigenvalue weighted by Crippen LogP contribution is 2.19. The van der Waals surface area contributed by atoms with Crippen LogP contribution in [0.3, 0.4) is 0 Å². The Morgan fingerprint density at radius 1 is 1.00 bits per heavy atom. The van der Waals surface area contributed by atoms with Crippen molar-refractivity contribution < 1.29 is 13.2 Å². The number of benzene rings is 2. The van der Waals surface area contributed by atoms with Gasteiger partial charge in [0.25, 0.3) is 0 Å². The average Bonchev–Trinajstić information content (AvgIpc) is 2.54. The first-order valence-corrected chi connectivity index (χ1v) is 9.98. The molecule has 2 aromatic carbocycles. The molecule has 1 N–H and O–H groups in total. The van der Waals surface area contributed by atoms with E-state index in [0.29, 0.717) is 6.42 Å². The average molecular weight is 345 g/mol. The Morgan fingerprint density at radius 3 is 2.08 bits per heavy atom. The zero-order chi connectivity index (χ0) is 17.6. The van der Waals surface area contributed by atoms with E-state index in [9.17, 15) is 13.2 Å². The molecular weight excluding hydrogens is 322 g/mol. The van der Waals surface area contributed by atoms with E-state index < -0.39 is 15.8 Å². The number of carbonyl (C=O) groups is 1. The second kappa shape index (κ2) is 8.11. The van der Waals surface area contributed by atoms with E-state index >= 15 is 0 Å². The van der Waals surface area contributed by atoms with Crippen LogP contribution in [-0.4, -0.2) is 26.3 Å². The van der Waals surface area contributed by atoms with Gasteiger partial charge in [-0.3, -0.25) is 4.79 Å². The van der Waals surface area contributed by atoms with E-state index in [-0.39, 0.29) is 17.7 Å². The standard InChI is InChI=1S/C19H23NO3S/c1-15(14-24(2,22)23)19(21)20-18(17-11-7-4-8-12-17)13-16-9-5-3-6-10-16/h3-12,15,18H,13-14H2,1-2H3,(H,20,21)/t15-,18+/m1/s1. The van der Waals surface area contributed by atoms with Gasteiger partial charge in [-0.15, -0.1) is 0 Å². The summed E-state index contributed by atoms with van der Waals surface area (Å²) in [5, 5.41) is 3.00. The Labute approximate surface area is 143 Å². The Balaban J connectivity index is 2.16. The highest BCUT2D eigenvalue weighted by Gasteiger charge is 2.22. The van der Waals surface area contributed by atoms with Crippen LogP contribution in [0.5, 0.6) is 0 Å². The van der Waals surface area contributed by atoms with Gasteiger partial charge in [0.2, 0.25) is 5.91 Å². The van der Waals surface area contributed by atoms with Crippen LogP contribution in [0.1, 0.15) is 24.1 Å². The van der Waals surface area contributed by atoms with E-state index in [1.54, 1.807) is 6.92 Å². The molecule has 0 radical (unpaired) electrons. The lowest BCUT2D eigenvalue weighted by Crippen LogP contribution is -2.36. The summed E-state index contributed by atoms with van der Waals surface area (Å²) >= 11 is 0. The van der Waals surface area contributed by atoms with Crippen molar-refractivity contribution in [1.82, 2.24) is 5.32 Å². The van der Waals surface area contributed by atoms with Gasteiger partial charge in [0.05, 0.1) is 11.8 Å². The third-order valence-electron chi connectivity index (χ3n) is 3.80. The lowest BCUT2D eigenvalue weighted by Gasteiger charge is -2.21. The zero-order valence-electron chi connectivity index (χ0n) is 14.0. The number of amides is 1. The first-order chi connectivity index (χ1) is 11.3. The third kappa shape index (κ3) is 5.81. The fraction of sp³-hybridized carbons (Fsp3) is 0.316. The molecule has 24 heavy (non-hydrogen) atoms. The third-order valence-corrected chi connectivity index (χ3v) is 4.91. The molecule has 5 heteroatoms. The molecule has 0 saturated carbocycles. The van der Waals surface area contributed by atoms with E-state index in [1.807, 2.05) is 60.7 Å². The molecule has 0 saturated heterocycles. The van der Waals surface area contributed by atoms with Crippen molar-refractivity contribution in [3.63, 3.8) is 0 Å². The molecule has 2 aromatic rings. The lowest BCUT2D eigenvalue weighted by molar-refractivity contribution is -0.124. The van der Waals surface area contributed by atoms with Crippen LogP contribution in [-0.2, 0) is 21.1 Å². The fourth-order valence-electron chi connectivity index (χ4n) is 2.63. The van der Waals surface area contributed by atoms with Crippen molar-refractivity contribution in [2.45, 2.75) is 19.4 Å². The van der Waals surface area contributed by atoms with Crippen LogP contribution in [0, 0.1) is 5.92 Å². The molecule has 2 rings (SSSR count). The van der Waals surface area contributed by atoms with Crippen molar-refractivity contribution in [1.29, 1.82) is 0 Å². The SMILES string of the molecule is C[C@H](CS(C)(=O)=O)C(=O)N[C@@H](Cc1ccccc1)c1ccccc1. The van der Waals surface area contributed by atoms with E-state index in [2.05, 4.69) is 5.32 Å². The minimum Gasteiger partial charge on any atom is -0.349 e. The Bertz CT molecular complexity index is 758. The van der Waals surface area contributed by atoms with Gasteiger partial charge in [-0.25, -0.2) is 8.42 Å². The Kier molecular flexibility index (Phi) is 6.15. The maximum atomic E-state index is 12.4. The van der Waals surface area contributed by atoms with Crippen LogP contribution in [0.15, 0.2) is 60.7 Å². The number of sulfone groups is 1. The van der Waals surface area contributed by atoms with Crippen LogP contribution in [0.2, 0.25) is 0 Å². The van der Waals surface area contributed by atoms with Gasteiger partial charge in [0, 0.05) is 12.2 Å². The van der Waals surface area contributed by atoms with E-state index in [1.165, 1.54) is 0 Å². The monoisotopic (exact) mass is 345 g/mol. The number of nitrogens with one attached hydrogen (secondary N) is 1. The first-order valence-electron chi connectivity index (χ1n) is 7.92. The van der Waals surface area contributed by atoms with Crippen molar-refractivity contribution in [2.75, 3.05) is 12.0 Å². The maximum absolute atomic E-state index is 12.4. The van der Waals surface area contributed by atoms with Crippen molar-refractivity contribution in [2.24, 2.45) is 5.92 Å². The highest BCUT2D eigenvalue weighted by molar-refractivity contribution is 7.90. The summed E-state index contributed by atoms with van der Waals surface area (Å²) in [4.78, 5) is 12.4. The van der Waals surface area contributed by atoms with Crippen LogP contribution in [0.25, 0.3) is 0 Å². The zero-order valence-corrected chi connectivity index (χ0v) is 14.8. The van der Waals surface area contributed by atoms with Gasteiger partial charge in [-0.1, -0.05) is 67.6 Å². The molecule has 0 spiro atoms. The summed E-state index contributed by atoms with van der Waals surface area (Å²) in [5.74, 6) is -0.974. The molecular formula is C19H23NO3S. The Hall–Kier alpha value is -2.14. The predicted octanol–water partition coefficient (Wildman–Crippen LogP) is 2.77. The predicted molar refractivity (Wildman–Crippen MR) is 96.3 cm³/mol. The molecule has 128 valence electrons. The van der Waals surface area contributed by atoms with E-state index in [0.717, 1.165) is 17.4 Å². The van der Waals surface area contributed by atoms with Crippen molar-refractivity contribution >= 4 is 15.7 Å². The topological polar surface area (TPSA) is 63.2 Å². The second-order valence-corrected chi connectivity index (χ2v) is 8.34. The normalized spacial score (nSPS) is 13.9. The quantitative estimate of drug-likeness (QED) is 0.839. The van der Waals surface area contributed by atoms with Crippen molar-refractivity contribution in [3.8, 4) is 0 Å². The number of hydrogen-bond donors (Lipinski definition) is 1. The molecule has 0 heterocycles. The number of hydrogen-bond acceptors (Lipinski definition) is 3. The minimum atomic E-state index is -3.19. The lowest BCUT2D eigenvalue weighted by atomic mass is 9.98. The summed E-state index contributed by atoms with van der Waals surface area (Å²) in [6, 6.07) is 19.4. The highest BCUT2D eigenvalue weighted by atomic mass is 32.2. The fourth-order valence-corrected chi connectivity index (χ4v) is 3.69. The molecule has 0 aromatic heterocycles. The molecule has 0 bridgehead atoms. The summed E-state index contributed by atoms with van der Waals surface area (Å²) in [6.45, 7) is 1.64. The summed E-state index contributed by atoms with van der Waals surface area (Å²) in [6.07, 6.45) is 1.80. The summed E-state index contributed by atoms with van der Waals surface area (Å²) < 4.78 is 22.8. The van der Waals surface area contributed by atoms with Crippen LogP contribution >= 0.6 is 0 Å².